The van der Waals surface area contributed by atoms with Gasteiger partial charge in [0.15, 0.2) is 0 Å². The van der Waals surface area contributed by atoms with Crippen LogP contribution in [0.3, 0.4) is 0 Å². The Hall–Kier alpha value is -1.15. The maximum Gasteiger partial charge on any atom is 0.235 e. The smallest absolute Gasteiger partial charge is 0.235 e. The van der Waals surface area contributed by atoms with Gasteiger partial charge in [-0.3, -0.25) is 4.31 Å². The highest BCUT2D eigenvalue weighted by molar-refractivity contribution is 7.93. The van der Waals surface area contributed by atoms with Crippen LogP contribution >= 0.6 is 0 Å². The summed E-state index contributed by atoms with van der Waals surface area (Å²) in [6.45, 7) is 0.717. The highest BCUT2D eigenvalue weighted by Crippen LogP contribution is 2.27. The van der Waals surface area contributed by atoms with E-state index in [1.165, 1.54) is 4.31 Å². The van der Waals surface area contributed by atoms with Gasteiger partial charge >= 0.3 is 0 Å². The second-order valence-corrected chi connectivity index (χ2v) is 6.92. The second-order valence-electron chi connectivity index (χ2n) is 4.91. The van der Waals surface area contributed by atoms with Crippen LogP contribution in [0.15, 0.2) is 24.3 Å². The molecule has 0 saturated carbocycles. The Morgan fingerprint density at radius 1 is 1.40 bits per heavy atom. The Morgan fingerprint density at radius 3 is 2.75 bits per heavy atom. The Bertz CT molecular complexity index is 561. The molecule has 0 spiro atoms. The van der Waals surface area contributed by atoms with Crippen molar-refractivity contribution in [2.24, 2.45) is 0 Å². The summed E-state index contributed by atoms with van der Waals surface area (Å²) in [4.78, 5) is 0. The molecule has 0 radical (unpaired) electrons. The minimum absolute atomic E-state index is 0.155. The average Bonchev–Trinajstić information content (AvgIpc) is 2.78. The Labute approximate surface area is 119 Å². The number of nitrogens with zero attached hydrogens (tertiary/aromatic N) is 1. The number of likely N-dealkylation sites (N-methyl/N-ethyl adjacent to an activating group) is 1. The first-order chi connectivity index (χ1) is 9.45. The van der Waals surface area contributed by atoms with Gasteiger partial charge in [-0.25, -0.2) is 8.42 Å². The number of rotatable bonds is 5. The van der Waals surface area contributed by atoms with Crippen molar-refractivity contribution in [3.63, 3.8) is 0 Å². The molecule has 0 aliphatic carbocycles. The highest BCUT2D eigenvalue weighted by atomic mass is 32.2. The van der Waals surface area contributed by atoms with E-state index >= 15 is 0 Å². The molecule has 1 aromatic carbocycles. The van der Waals surface area contributed by atoms with Gasteiger partial charge in [0.05, 0.1) is 17.5 Å². The van der Waals surface area contributed by atoms with E-state index in [2.05, 4.69) is 5.32 Å². The van der Waals surface area contributed by atoms with Crippen molar-refractivity contribution in [3.8, 4) is 0 Å². The van der Waals surface area contributed by atoms with Crippen LogP contribution in [-0.2, 0) is 10.0 Å². The molecular weight excluding hydrogens is 280 g/mol. The lowest BCUT2D eigenvalue weighted by Gasteiger charge is -2.21. The largest absolute Gasteiger partial charge is 0.389 e. The van der Waals surface area contributed by atoms with Gasteiger partial charge in [-0.15, -0.1) is 0 Å². The molecule has 3 N–H and O–H groups in total. The van der Waals surface area contributed by atoms with E-state index in [1.807, 2.05) is 0 Å². The Kier molecular flexibility index (Phi) is 4.64. The summed E-state index contributed by atoms with van der Waals surface area (Å²) in [5.74, 6) is 0.155. The van der Waals surface area contributed by atoms with Crippen molar-refractivity contribution in [1.29, 1.82) is 0 Å². The molecule has 112 valence electrons. The van der Waals surface area contributed by atoms with Gasteiger partial charge in [-0.1, -0.05) is 12.1 Å². The zero-order chi connectivity index (χ0) is 14.8. The third kappa shape index (κ3) is 3.12. The molecular formula is C13H20N2O4S. The van der Waals surface area contributed by atoms with Crippen LogP contribution in [0.25, 0.3) is 0 Å². The van der Waals surface area contributed by atoms with Crippen molar-refractivity contribution < 1.29 is 18.6 Å². The molecule has 2 atom stereocenters. The standard InChI is InChI=1S/C13H20N2O4S/c1-14-9-12(16)13(17)10-4-2-5-11(8-10)15-6-3-7-20(15,18)19/h2,4-5,8,12-14,16-17H,3,6-7,9H2,1H3. The summed E-state index contributed by atoms with van der Waals surface area (Å²) in [5, 5.41) is 22.6. The lowest BCUT2D eigenvalue weighted by molar-refractivity contribution is 0.0203. The number of hydrogen-bond donors (Lipinski definition) is 3. The van der Waals surface area contributed by atoms with Crippen molar-refractivity contribution in [2.75, 3.05) is 30.2 Å². The molecule has 20 heavy (non-hydrogen) atoms. The fourth-order valence-corrected chi connectivity index (χ4v) is 3.89. The normalized spacial score (nSPS) is 20.9. The third-order valence-corrected chi connectivity index (χ3v) is 5.25. The summed E-state index contributed by atoms with van der Waals surface area (Å²) in [5.41, 5.74) is 1.04. The van der Waals surface area contributed by atoms with Crippen molar-refractivity contribution in [3.05, 3.63) is 29.8 Å². The van der Waals surface area contributed by atoms with Crippen LogP contribution in [0.2, 0.25) is 0 Å². The van der Waals surface area contributed by atoms with E-state index in [9.17, 15) is 18.6 Å². The molecule has 0 aromatic heterocycles. The number of aliphatic hydroxyl groups excluding tert-OH is 2. The monoisotopic (exact) mass is 300 g/mol. The van der Waals surface area contributed by atoms with Gasteiger partial charge < -0.3 is 15.5 Å². The number of sulfonamides is 1. The molecule has 2 unspecified atom stereocenters. The van der Waals surface area contributed by atoms with Gasteiger partial charge in [0.1, 0.15) is 6.10 Å². The molecule has 0 bridgehead atoms. The third-order valence-electron chi connectivity index (χ3n) is 3.38. The minimum atomic E-state index is -3.24. The minimum Gasteiger partial charge on any atom is -0.389 e. The molecule has 1 fully saturated rings. The summed E-state index contributed by atoms with van der Waals surface area (Å²) in [7, 11) is -1.55. The van der Waals surface area contributed by atoms with Gasteiger partial charge in [-0.2, -0.15) is 0 Å². The number of hydrogen-bond acceptors (Lipinski definition) is 5. The summed E-state index contributed by atoms with van der Waals surface area (Å²) in [6, 6.07) is 6.68. The van der Waals surface area contributed by atoms with Crippen molar-refractivity contribution in [1.82, 2.24) is 5.32 Å². The molecule has 0 amide bonds. The van der Waals surface area contributed by atoms with Crippen LogP contribution in [0.1, 0.15) is 18.1 Å². The highest BCUT2D eigenvalue weighted by Gasteiger charge is 2.29. The number of aliphatic hydroxyl groups is 2. The maximum atomic E-state index is 11.9. The lowest BCUT2D eigenvalue weighted by Crippen LogP contribution is -2.30. The molecule has 2 rings (SSSR count). The Balaban J connectivity index is 2.24. The molecule has 6 nitrogen and oxygen atoms in total. The van der Waals surface area contributed by atoms with Gasteiger partial charge in [0, 0.05) is 13.1 Å². The first kappa shape index (κ1) is 15.2. The zero-order valence-electron chi connectivity index (χ0n) is 11.4. The van der Waals surface area contributed by atoms with E-state index in [-0.39, 0.29) is 12.3 Å². The summed E-state index contributed by atoms with van der Waals surface area (Å²) >= 11 is 0. The number of benzene rings is 1. The van der Waals surface area contributed by atoms with E-state index in [1.54, 1.807) is 31.3 Å². The fourth-order valence-electron chi connectivity index (χ4n) is 2.34. The first-order valence-corrected chi connectivity index (χ1v) is 8.18. The van der Waals surface area contributed by atoms with Crippen LogP contribution in [0, 0.1) is 0 Å². The average molecular weight is 300 g/mol. The molecule has 1 heterocycles. The SMILES string of the molecule is CNCC(O)C(O)c1cccc(N2CCCS2(=O)=O)c1. The Morgan fingerprint density at radius 2 is 2.15 bits per heavy atom. The van der Waals surface area contributed by atoms with Gasteiger partial charge in [0.25, 0.3) is 0 Å². The molecule has 1 aromatic rings. The second kappa shape index (κ2) is 6.09. The quantitative estimate of drug-likeness (QED) is 0.703. The van der Waals surface area contributed by atoms with Gasteiger partial charge in [0.2, 0.25) is 10.0 Å². The van der Waals surface area contributed by atoms with E-state index in [0.29, 0.717) is 24.2 Å². The van der Waals surface area contributed by atoms with Gasteiger partial charge in [-0.05, 0) is 31.2 Å². The van der Waals surface area contributed by atoms with Crippen LogP contribution in [0.4, 0.5) is 5.69 Å². The molecule has 7 heteroatoms. The molecule has 1 saturated heterocycles. The van der Waals surface area contributed by atoms with E-state index < -0.39 is 22.2 Å². The number of nitrogens with one attached hydrogen (secondary N) is 1. The first-order valence-electron chi connectivity index (χ1n) is 6.57. The molecule has 1 aliphatic heterocycles. The van der Waals surface area contributed by atoms with Crippen LogP contribution < -0.4 is 9.62 Å². The zero-order valence-corrected chi connectivity index (χ0v) is 12.2. The van der Waals surface area contributed by atoms with Crippen molar-refractivity contribution in [2.45, 2.75) is 18.6 Å². The van der Waals surface area contributed by atoms with E-state index in [4.69, 9.17) is 0 Å². The van der Waals surface area contributed by atoms with Crippen LogP contribution in [-0.4, -0.2) is 50.6 Å². The topological polar surface area (TPSA) is 89.9 Å². The summed E-state index contributed by atoms with van der Waals surface area (Å²) < 4.78 is 25.1. The van der Waals surface area contributed by atoms with Crippen LogP contribution in [0.5, 0.6) is 0 Å². The maximum absolute atomic E-state index is 11.9. The lowest BCUT2D eigenvalue weighted by atomic mass is 10.0. The summed E-state index contributed by atoms with van der Waals surface area (Å²) in [6.07, 6.45) is -1.38. The number of anilines is 1. The fraction of sp³-hybridized carbons (Fsp3) is 0.538. The predicted octanol–water partition coefficient (Wildman–Crippen LogP) is -0.160. The predicted molar refractivity (Wildman–Crippen MR) is 77.1 cm³/mol. The van der Waals surface area contributed by atoms with E-state index in [0.717, 1.165) is 0 Å². The van der Waals surface area contributed by atoms with Crippen molar-refractivity contribution >= 4 is 15.7 Å². The molecule has 1 aliphatic rings.